The van der Waals surface area contributed by atoms with Crippen LogP contribution in [0.5, 0.6) is 5.75 Å². The van der Waals surface area contributed by atoms with Crippen molar-refractivity contribution in [3.63, 3.8) is 0 Å². The van der Waals surface area contributed by atoms with Crippen molar-refractivity contribution in [3.8, 4) is 5.75 Å². The maximum absolute atomic E-state index is 10.3. The highest BCUT2D eigenvalue weighted by atomic mass is 35.5. The zero-order chi connectivity index (χ0) is 22.4. The Labute approximate surface area is 198 Å². The van der Waals surface area contributed by atoms with Gasteiger partial charge in [-0.05, 0) is 67.3 Å². The van der Waals surface area contributed by atoms with Crippen LogP contribution in [0, 0.1) is 0 Å². The highest BCUT2D eigenvalue weighted by molar-refractivity contribution is 7.99. The Bertz CT molecular complexity index is 1030. The Morgan fingerprint density at radius 2 is 1.84 bits per heavy atom. The lowest BCUT2D eigenvalue weighted by atomic mass is 9.88. The number of halogens is 1. The monoisotopic (exact) mass is 469 g/mol. The van der Waals surface area contributed by atoms with Crippen molar-refractivity contribution in [2.45, 2.75) is 47.3 Å². The normalized spacial score (nSPS) is 20.4. The summed E-state index contributed by atoms with van der Waals surface area (Å²) in [6, 6.07) is 24.2. The molecule has 168 valence electrons. The van der Waals surface area contributed by atoms with E-state index in [1.54, 1.807) is 11.8 Å². The quantitative estimate of drug-likeness (QED) is 0.407. The second kappa shape index (κ2) is 10.7. The molecule has 0 spiro atoms. The maximum atomic E-state index is 10.3. The third kappa shape index (κ3) is 5.66. The van der Waals surface area contributed by atoms with Crippen LogP contribution in [0.3, 0.4) is 0 Å². The van der Waals surface area contributed by atoms with Crippen LogP contribution in [0.25, 0.3) is 0 Å². The molecule has 2 unspecified atom stereocenters. The summed E-state index contributed by atoms with van der Waals surface area (Å²) in [5.74, 6) is 0.832. The molecule has 2 atom stereocenters. The SMILES string of the molecule is OCC1(CCc2ccc(Sc3cccc(OCc4ccccc4)c3)cc2Cl)NCCC1O. The fourth-order valence-electron chi connectivity index (χ4n) is 4.00. The molecule has 3 aromatic rings. The molecule has 1 saturated heterocycles. The molecule has 1 aliphatic heterocycles. The average molecular weight is 470 g/mol. The predicted molar refractivity (Wildman–Crippen MR) is 130 cm³/mol. The molecule has 0 aliphatic carbocycles. The Kier molecular flexibility index (Phi) is 7.76. The number of rotatable bonds is 9. The standard InChI is InChI=1S/C26H28ClNO3S/c27-24-16-23(10-9-20(24)11-13-26(18-29)25(30)12-14-28-26)32-22-8-4-7-21(15-22)31-17-19-5-2-1-3-6-19/h1-10,15-16,25,28-30H,11-14,17-18H2. The lowest BCUT2D eigenvalue weighted by molar-refractivity contribution is 0.0465. The van der Waals surface area contributed by atoms with E-state index < -0.39 is 11.6 Å². The molecule has 0 bridgehead atoms. The van der Waals surface area contributed by atoms with Crippen molar-refractivity contribution in [1.82, 2.24) is 5.32 Å². The minimum Gasteiger partial charge on any atom is -0.489 e. The number of aryl methyl sites for hydroxylation is 1. The van der Waals surface area contributed by atoms with E-state index in [1.807, 2.05) is 60.7 Å². The van der Waals surface area contributed by atoms with Crippen molar-refractivity contribution in [1.29, 1.82) is 0 Å². The third-order valence-corrected chi connectivity index (χ3v) is 7.30. The van der Waals surface area contributed by atoms with Gasteiger partial charge in [0.15, 0.2) is 0 Å². The molecule has 32 heavy (non-hydrogen) atoms. The van der Waals surface area contributed by atoms with E-state index in [4.69, 9.17) is 16.3 Å². The molecule has 3 aromatic carbocycles. The van der Waals surface area contributed by atoms with Crippen LogP contribution in [0.1, 0.15) is 24.0 Å². The summed E-state index contributed by atoms with van der Waals surface area (Å²) >= 11 is 8.21. The van der Waals surface area contributed by atoms with Gasteiger partial charge in [0.1, 0.15) is 12.4 Å². The molecular formula is C26H28ClNO3S. The second-order valence-electron chi connectivity index (χ2n) is 8.15. The van der Waals surface area contributed by atoms with Crippen LogP contribution in [0.2, 0.25) is 5.02 Å². The molecular weight excluding hydrogens is 442 g/mol. The number of benzene rings is 3. The molecule has 0 aromatic heterocycles. The minimum atomic E-state index is -0.628. The van der Waals surface area contributed by atoms with Gasteiger partial charge in [0, 0.05) is 14.8 Å². The summed E-state index contributed by atoms with van der Waals surface area (Å²) in [4.78, 5) is 2.13. The molecule has 0 amide bonds. The average Bonchev–Trinajstić information content (AvgIpc) is 3.18. The van der Waals surface area contributed by atoms with Crippen LogP contribution in [-0.2, 0) is 13.0 Å². The van der Waals surface area contributed by atoms with Gasteiger partial charge in [-0.2, -0.15) is 0 Å². The largest absolute Gasteiger partial charge is 0.489 e. The van der Waals surface area contributed by atoms with Gasteiger partial charge >= 0.3 is 0 Å². The van der Waals surface area contributed by atoms with Crippen LogP contribution in [0.4, 0.5) is 0 Å². The lowest BCUT2D eigenvalue weighted by Gasteiger charge is -2.31. The highest BCUT2D eigenvalue weighted by Gasteiger charge is 2.40. The first kappa shape index (κ1) is 23.1. The molecule has 1 aliphatic rings. The molecule has 0 radical (unpaired) electrons. The number of aliphatic hydroxyl groups excluding tert-OH is 2. The molecule has 0 saturated carbocycles. The number of aliphatic hydroxyl groups is 2. The van der Waals surface area contributed by atoms with E-state index in [1.165, 1.54) is 0 Å². The fraction of sp³-hybridized carbons (Fsp3) is 0.308. The molecule has 1 heterocycles. The number of hydrogen-bond donors (Lipinski definition) is 3. The first-order chi connectivity index (χ1) is 15.6. The number of ether oxygens (including phenoxy) is 1. The first-order valence-corrected chi connectivity index (χ1v) is 12.0. The topological polar surface area (TPSA) is 61.7 Å². The Balaban J connectivity index is 1.37. The zero-order valence-electron chi connectivity index (χ0n) is 17.8. The van der Waals surface area contributed by atoms with Gasteiger partial charge in [0.05, 0.1) is 18.2 Å². The van der Waals surface area contributed by atoms with Gasteiger partial charge in [-0.3, -0.25) is 0 Å². The molecule has 6 heteroatoms. The molecule has 3 N–H and O–H groups in total. The van der Waals surface area contributed by atoms with Crippen LogP contribution in [0.15, 0.2) is 82.6 Å². The smallest absolute Gasteiger partial charge is 0.120 e. The molecule has 1 fully saturated rings. The summed E-state index contributed by atoms with van der Waals surface area (Å²) in [6.45, 7) is 1.18. The number of nitrogens with one attached hydrogen (secondary N) is 1. The van der Waals surface area contributed by atoms with E-state index in [0.717, 1.165) is 33.2 Å². The zero-order valence-corrected chi connectivity index (χ0v) is 19.4. The summed E-state index contributed by atoms with van der Waals surface area (Å²) in [7, 11) is 0. The Morgan fingerprint density at radius 1 is 1.03 bits per heavy atom. The number of hydrogen-bond acceptors (Lipinski definition) is 5. The summed E-state index contributed by atoms with van der Waals surface area (Å²) in [6.07, 6.45) is 1.46. The van der Waals surface area contributed by atoms with Gasteiger partial charge in [-0.1, -0.05) is 65.8 Å². The Morgan fingerprint density at radius 3 is 2.56 bits per heavy atom. The van der Waals surface area contributed by atoms with Crippen molar-refractivity contribution in [2.75, 3.05) is 13.2 Å². The lowest BCUT2D eigenvalue weighted by Crippen LogP contribution is -2.51. The summed E-state index contributed by atoms with van der Waals surface area (Å²) in [5, 5.41) is 24.0. The van der Waals surface area contributed by atoms with Crippen molar-refractivity contribution >= 4 is 23.4 Å². The van der Waals surface area contributed by atoms with E-state index in [2.05, 4.69) is 17.4 Å². The van der Waals surface area contributed by atoms with Crippen molar-refractivity contribution in [2.24, 2.45) is 0 Å². The fourth-order valence-corrected chi connectivity index (χ4v) is 5.25. The van der Waals surface area contributed by atoms with E-state index in [-0.39, 0.29) is 6.61 Å². The van der Waals surface area contributed by atoms with Gasteiger partial charge in [-0.15, -0.1) is 0 Å². The minimum absolute atomic E-state index is 0.0809. The van der Waals surface area contributed by atoms with Gasteiger partial charge in [0.25, 0.3) is 0 Å². The van der Waals surface area contributed by atoms with E-state index >= 15 is 0 Å². The van der Waals surface area contributed by atoms with Crippen molar-refractivity contribution < 1.29 is 14.9 Å². The molecule has 4 rings (SSSR count). The van der Waals surface area contributed by atoms with E-state index in [0.29, 0.717) is 30.9 Å². The van der Waals surface area contributed by atoms with Crippen LogP contribution >= 0.6 is 23.4 Å². The Hall–Kier alpha value is -2.02. The second-order valence-corrected chi connectivity index (χ2v) is 9.70. The van der Waals surface area contributed by atoms with Crippen LogP contribution in [-0.4, -0.2) is 35.0 Å². The molecule has 4 nitrogen and oxygen atoms in total. The van der Waals surface area contributed by atoms with Crippen LogP contribution < -0.4 is 10.1 Å². The van der Waals surface area contributed by atoms with E-state index in [9.17, 15) is 10.2 Å². The maximum Gasteiger partial charge on any atom is 0.120 e. The van der Waals surface area contributed by atoms with Gasteiger partial charge in [-0.25, -0.2) is 0 Å². The highest BCUT2D eigenvalue weighted by Crippen LogP contribution is 2.34. The predicted octanol–water partition coefficient (Wildman–Crippen LogP) is 5.09. The summed E-state index contributed by atoms with van der Waals surface area (Å²) in [5.41, 5.74) is 1.53. The summed E-state index contributed by atoms with van der Waals surface area (Å²) < 4.78 is 5.94. The van der Waals surface area contributed by atoms with Gasteiger partial charge < -0.3 is 20.3 Å². The first-order valence-electron chi connectivity index (χ1n) is 10.8. The van der Waals surface area contributed by atoms with Crippen molar-refractivity contribution in [3.05, 3.63) is 88.9 Å². The van der Waals surface area contributed by atoms with Gasteiger partial charge in [0.2, 0.25) is 0 Å². The third-order valence-electron chi connectivity index (χ3n) is 5.97.